The van der Waals surface area contributed by atoms with E-state index in [-0.39, 0.29) is 13.0 Å². The topological polar surface area (TPSA) is 108 Å². The number of methoxy groups -OCH3 is 2. The fourth-order valence-electron chi connectivity index (χ4n) is 3.60. The third-order valence-electron chi connectivity index (χ3n) is 4.99. The number of benzene rings is 2. The average Bonchev–Trinajstić information content (AvgIpc) is 2.73. The van der Waals surface area contributed by atoms with Gasteiger partial charge >= 0.3 is 6.09 Å². The molecule has 152 valence electrons. The molecular formula is C21H22N2O6. The van der Waals surface area contributed by atoms with Gasteiger partial charge in [0.2, 0.25) is 5.60 Å². The largest absolute Gasteiger partial charge is 0.497 e. The molecule has 3 rings (SSSR count). The number of carbonyl (C=O) groups is 3. The third-order valence-corrected chi connectivity index (χ3v) is 4.99. The van der Waals surface area contributed by atoms with Gasteiger partial charge < -0.3 is 29.6 Å². The first-order chi connectivity index (χ1) is 13.9. The molecule has 0 spiro atoms. The van der Waals surface area contributed by atoms with Crippen LogP contribution in [0.2, 0.25) is 0 Å². The molecule has 2 N–H and O–H groups in total. The van der Waals surface area contributed by atoms with Gasteiger partial charge in [-0.2, -0.15) is 0 Å². The number of β-lactam (4-membered cyclic amide) rings is 1. The van der Waals surface area contributed by atoms with E-state index in [1.165, 1.54) is 19.1 Å². The number of aldehydes is 1. The van der Waals surface area contributed by atoms with Crippen molar-refractivity contribution in [3.63, 3.8) is 0 Å². The minimum absolute atomic E-state index is 0.0509. The molecule has 1 aliphatic rings. The monoisotopic (exact) mass is 398 g/mol. The lowest BCUT2D eigenvalue weighted by Gasteiger charge is -2.52. The first kappa shape index (κ1) is 20.2. The molecule has 2 atom stereocenters. The van der Waals surface area contributed by atoms with Crippen LogP contribution in [0.3, 0.4) is 0 Å². The fourth-order valence-corrected chi connectivity index (χ4v) is 3.60. The second kappa shape index (κ2) is 8.22. The molecule has 0 aromatic heterocycles. The molecule has 0 bridgehead atoms. The van der Waals surface area contributed by atoms with Gasteiger partial charge in [0.05, 0.1) is 20.8 Å². The number of hydrogen-bond donors (Lipinski definition) is 1. The minimum Gasteiger partial charge on any atom is -0.497 e. The van der Waals surface area contributed by atoms with E-state index in [2.05, 4.69) is 0 Å². The highest BCUT2D eigenvalue weighted by Crippen LogP contribution is 2.39. The van der Waals surface area contributed by atoms with Crippen LogP contribution in [0.25, 0.3) is 0 Å². The van der Waals surface area contributed by atoms with Gasteiger partial charge in [-0.15, -0.1) is 0 Å². The Bertz CT molecular complexity index is 917. The molecule has 2 amide bonds. The van der Waals surface area contributed by atoms with E-state index in [4.69, 9.17) is 19.9 Å². The molecule has 2 aromatic rings. The van der Waals surface area contributed by atoms with Gasteiger partial charge in [-0.05, 0) is 17.7 Å². The summed E-state index contributed by atoms with van der Waals surface area (Å²) in [7, 11) is 3.04. The molecule has 1 heterocycles. The van der Waals surface area contributed by atoms with E-state index < -0.39 is 23.6 Å². The van der Waals surface area contributed by atoms with Gasteiger partial charge in [0.1, 0.15) is 23.8 Å². The predicted molar refractivity (Wildman–Crippen MR) is 103 cm³/mol. The molecule has 0 aliphatic carbocycles. The summed E-state index contributed by atoms with van der Waals surface area (Å²) in [5.74, 6) is 0.622. The fraction of sp³-hybridized carbons (Fsp3) is 0.286. The third kappa shape index (κ3) is 3.73. The van der Waals surface area contributed by atoms with E-state index in [0.717, 1.165) is 5.56 Å². The summed E-state index contributed by atoms with van der Waals surface area (Å²) in [6, 6.07) is 13.2. The lowest BCUT2D eigenvalue weighted by atomic mass is 9.77. The summed E-state index contributed by atoms with van der Waals surface area (Å²) < 4.78 is 15.8. The molecule has 1 aliphatic heterocycles. The summed E-state index contributed by atoms with van der Waals surface area (Å²) in [6.07, 6.45) is -0.457. The van der Waals surface area contributed by atoms with Gasteiger partial charge in [0, 0.05) is 18.1 Å². The first-order valence-corrected chi connectivity index (χ1v) is 8.95. The smallest absolute Gasteiger partial charge is 0.405 e. The van der Waals surface area contributed by atoms with Crippen molar-refractivity contribution in [1.82, 2.24) is 4.90 Å². The van der Waals surface area contributed by atoms with E-state index in [0.29, 0.717) is 23.3 Å². The number of carbonyl (C=O) groups excluding carboxylic acids is 3. The van der Waals surface area contributed by atoms with Crippen LogP contribution in [0.1, 0.15) is 11.1 Å². The van der Waals surface area contributed by atoms with Crippen LogP contribution in [0.5, 0.6) is 11.5 Å². The van der Waals surface area contributed by atoms with Crippen molar-refractivity contribution in [2.24, 2.45) is 5.73 Å². The van der Waals surface area contributed by atoms with Crippen LogP contribution in [0.4, 0.5) is 4.79 Å². The van der Waals surface area contributed by atoms with Crippen LogP contribution in [0.15, 0.2) is 48.5 Å². The number of nitrogens with two attached hydrogens (primary N) is 1. The number of likely N-dealkylation sites (tertiary alicyclic amines) is 1. The molecule has 8 heteroatoms. The summed E-state index contributed by atoms with van der Waals surface area (Å²) in [6.45, 7) is 0.105. The Morgan fingerprint density at radius 1 is 1.17 bits per heavy atom. The van der Waals surface area contributed by atoms with Crippen LogP contribution in [0, 0.1) is 0 Å². The maximum absolute atomic E-state index is 13.1. The average molecular weight is 398 g/mol. The van der Waals surface area contributed by atoms with Crippen molar-refractivity contribution >= 4 is 18.3 Å². The molecule has 1 saturated heterocycles. The summed E-state index contributed by atoms with van der Waals surface area (Å²) in [5.41, 5.74) is 4.98. The maximum atomic E-state index is 13.1. The molecule has 8 nitrogen and oxygen atoms in total. The quantitative estimate of drug-likeness (QED) is 0.536. The number of nitrogens with zero attached hydrogens (tertiary/aromatic N) is 1. The summed E-state index contributed by atoms with van der Waals surface area (Å²) in [4.78, 5) is 37.8. The highest BCUT2D eigenvalue weighted by molar-refractivity contribution is 6.01. The highest BCUT2D eigenvalue weighted by atomic mass is 16.6. The molecule has 29 heavy (non-hydrogen) atoms. The number of ether oxygens (including phenoxy) is 3. The van der Waals surface area contributed by atoms with E-state index >= 15 is 0 Å². The van der Waals surface area contributed by atoms with E-state index in [9.17, 15) is 14.4 Å². The molecule has 2 aromatic carbocycles. The van der Waals surface area contributed by atoms with Crippen molar-refractivity contribution in [1.29, 1.82) is 0 Å². The normalized spacial score (nSPS) is 20.6. The highest BCUT2D eigenvalue weighted by Gasteiger charge is 2.64. The van der Waals surface area contributed by atoms with Crippen LogP contribution < -0.4 is 15.2 Å². The summed E-state index contributed by atoms with van der Waals surface area (Å²) in [5, 5.41) is 0. The molecule has 0 radical (unpaired) electrons. The van der Waals surface area contributed by atoms with E-state index in [1.54, 1.807) is 42.5 Å². The van der Waals surface area contributed by atoms with E-state index in [1.807, 2.05) is 6.07 Å². The Balaban J connectivity index is 1.90. The Labute approximate surface area is 168 Å². The summed E-state index contributed by atoms with van der Waals surface area (Å²) >= 11 is 0. The SMILES string of the molecule is COc1ccc(CN2C(=O)[C@@](Cc3ccccc3)(OC(N)=O)[C@H]2C=O)c(OC)c1. The second-order valence-corrected chi connectivity index (χ2v) is 6.66. The van der Waals surface area contributed by atoms with Crippen LogP contribution >= 0.6 is 0 Å². The van der Waals surface area contributed by atoms with Gasteiger partial charge in [-0.3, -0.25) is 4.79 Å². The number of rotatable bonds is 8. The molecular weight excluding hydrogens is 376 g/mol. The van der Waals surface area contributed by atoms with Crippen molar-refractivity contribution in [3.05, 3.63) is 59.7 Å². The van der Waals surface area contributed by atoms with Gasteiger partial charge in [0.15, 0.2) is 0 Å². The zero-order valence-electron chi connectivity index (χ0n) is 16.2. The lowest BCUT2D eigenvalue weighted by Crippen LogP contribution is -2.76. The zero-order chi connectivity index (χ0) is 21.0. The minimum atomic E-state index is -1.66. The number of hydrogen-bond acceptors (Lipinski definition) is 6. The molecule has 1 fully saturated rings. The Morgan fingerprint density at radius 2 is 1.90 bits per heavy atom. The van der Waals surface area contributed by atoms with Crippen LogP contribution in [-0.2, 0) is 27.3 Å². The Hall–Kier alpha value is -3.55. The Morgan fingerprint density at radius 3 is 2.48 bits per heavy atom. The van der Waals surface area contributed by atoms with Gasteiger partial charge in [-0.25, -0.2) is 4.79 Å². The van der Waals surface area contributed by atoms with Crippen LogP contribution in [-0.4, -0.2) is 49.0 Å². The predicted octanol–water partition coefficient (Wildman–Crippen LogP) is 1.69. The van der Waals surface area contributed by atoms with Crippen molar-refractivity contribution in [2.75, 3.05) is 14.2 Å². The van der Waals surface area contributed by atoms with Crippen molar-refractivity contribution in [2.45, 2.75) is 24.6 Å². The lowest BCUT2D eigenvalue weighted by molar-refractivity contribution is -0.191. The second-order valence-electron chi connectivity index (χ2n) is 6.66. The maximum Gasteiger partial charge on any atom is 0.405 e. The molecule has 0 unspecified atom stereocenters. The van der Waals surface area contributed by atoms with Crippen molar-refractivity contribution < 1.29 is 28.6 Å². The standard InChI is InChI=1S/C21H22N2O6/c1-27-16-9-8-15(17(10-16)28-2)12-23-18(13-24)21(19(23)25,29-20(22)26)11-14-6-4-3-5-7-14/h3-10,13,18H,11-12H2,1-2H3,(H2,22,26)/t18-,21+/m1/s1. The van der Waals surface area contributed by atoms with Gasteiger partial charge in [0.25, 0.3) is 5.91 Å². The zero-order valence-corrected chi connectivity index (χ0v) is 16.2. The van der Waals surface area contributed by atoms with Crippen molar-refractivity contribution in [3.8, 4) is 11.5 Å². The Kier molecular flexibility index (Phi) is 5.72. The molecule has 0 saturated carbocycles. The number of primary amides is 1. The first-order valence-electron chi connectivity index (χ1n) is 8.95. The van der Waals surface area contributed by atoms with Gasteiger partial charge in [-0.1, -0.05) is 30.3 Å². The number of amides is 2.